The zero-order chi connectivity index (χ0) is 42.1. The molecule has 3 fully saturated rings. The van der Waals surface area contributed by atoms with Crippen LogP contribution in [0, 0.1) is 46.8 Å². The Morgan fingerprint density at radius 1 is 0.772 bits per heavy atom. The molecule has 7 rings (SSSR count). The molecule has 0 aromatic heterocycles. The van der Waals surface area contributed by atoms with Gasteiger partial charge in [-0.2, -0.15) is 26.3 Å². The van der Waals surface area contributed by atoms with Crippen molar-refractivity contribution in [2.45, 2.75) is 47.8 Å². The number of fused-ring (bicyclic) bond motifs is 4. The molecule has 3 aromatic rings. The average Bonchev–Trinajstić information content (AvgIpc) is 3.48. The van der Waals surface area contributed by atoms with E-state index in [0.717, 1.165) is 18.2 Å². The molecule has 3 aromatic carbocycles. The number of hydrogen-bond donors (Lipinski definition) is 1. The van der Waals surface area contributed by atoms with Gasteiger partial charge in [-0.15, -0.1) is 23.2 Å². The number of anilines is 2. The highest BCUT2D eigenvalue weighted by Gasteiger charge is 2.77. The van der Waals surface area contributed by atoms with Gasteiger partial charge in [0.15, 0.2) is 44.5 Å². The Morgan fingerprint density at radius 2 is 1.33 bits per heavy atom. The molecule has 4 aliphatic rings. The first-order valence-corrected chi connectivity index (χ1v) is 17.3. The first kappa shape index (κ1) is 40.3. The maximum atomic E-state index is 15.3. The zero-order valence-electron chi connectivity index (χ0n) is 28.3. The Balaban J connectivity index is 1.43. The third kappa shape index (κ3) is 5.61. The number of phenols is 1. The summed E-state index contributed by atoms with van der Waals surface area (Å²) in [6, 6.07) is 3.35. The smallest absolute Gasteiger partial charge is 0.416 e. The van der Waals surface area contributed by atoms with Gasteiger partial charge in [-0.05, 0) is 61.6 Å². The van der Waals surface area contributed by atoms with Crippen molar-refractivity contribution in [2.24, 2.45) is 17.8 Å². The predicted molar refractivity (Wildman–Crippen MR) is 175 cm³/mol. The van der Waals surface area contributed by atoms with Gasteiger partial charge in [-0.25, -0.2) is 31.8 Å². The second-order valence-electron chi connectivity index (χ2n) is 13.6. The molecular formula is C36H21Cl2F11N2O6. The van der Waals surface area contributed by atoms with Crippen LogP contribution < -0.4 is 14.5 Å². The molecule has 0 spiro atoms. The fourth-order valence-electron chi connectivity index (χ4n) is 8.24. The number of carbonyl (C=O) groups is 4. The number of imide groups is 2. The lowest BCUT2D eigenvalue weighted by Crippen LogP contribution is -2.60. The van der Waals surface area contributed by atoms with Crippen LogP contribution in [0.1, 0.15) is 42.4 Å². The van der Waals surface area contributed by atoms with Crippen molar-refractivity contribution in [1.82, 2.24) is 0 Å². The van der Waals surface area contributed by atoms with E-state index in [2.05, 4.69) is 0 Å². The number of rotatable bonds is 5. The van der Waals surface area contributed by atoms with E-state index >= 15 is 8.78 Å². The zero-order valence-corrected chi connectivity index (χ0v) is 29.8. The van der Waals surface area contributed by atoms with Crippen molar-refractivity contribution in [3.8, 4) is 11.5 Å². The molecule has 2 heterocycles. The number of ether oxygens (including phenoxy) is 1. The number of alkyl halides is 8. The maximum absolute atomic E-state index is 15.3. The van der Waals surface area contributed by atoms with Gasteiger partial charge >= 0.3 is 12.4 Å². The summed E-state index contributed by atoms with van der Waals surface area (Å²) >= 11 is 14.1. The van der Waals surface area contributed by atoms with Crippen LogP contribution in [-0.2, 0) is 31.5 Å². The lowest BCUT2D eigenvalue weighted by atomic mass is 9.56. The number of nitrogens with zero attached hydrogens (tertiary/aromatic N) is 2. The SMILES string of the molecule is CCOc1cc(C2C3=CCC4C(=O)N(c5cc(C(F)(F)F)cc(C(F)(F)F)c5)C(=O)C4C3CC3(Cl)C(=O)N(c4c(F)c(F)c(F)c(F)c4F)C(=O)C23Cl)ccc1O. The molecule has 2 saturated heterocycles. The van der Waals surface area contributed by atoms with E-state index < -0.39 is 144 Å². The van der Waals surface area contributed by atoms with E-state index in [4.69, 9.17) is 27.9 Å². The van der Waals surface area contributed by atoms with Crippen molar-refractivity contribution in [2.75, 3.05) is 16.4 Å². The van der Waals surface area contributed by atoms with E-state index in [-0.39, 0.29) is 46.6 Å². The van der Waals surface area contributed by atoms with Gasteiger partial charge in [-0.3, -0.25) is 19.2 Å². The van der Waals surface area contributed by atoms with E-state index in [1.807, 2.05) is 0 Å². The number of halogens is 13. The molecule has 6 atom stereocenters. The minimum absolute atomic E-state index is 0.0638. The topological polar surface area (TPSA) is 104 Å². The van der Waals surface area contributed by atoms with Crippen LogP contribution in [0.5, 0.6) is 11.5 Å². The monoisotopic (exact) mass is 856 g/mol. The van der Waals surface area contributed by atoms with Crippen molar-refractivity contribution in [3.05, 3.63) is 93.8 Å². The summed E-state index contributed by atoms with van der Waals surface area (Å²) in [5, 5.41) is 10.4. The largest absolute Gasteiger partial charge is 0.504 e. The van der Waals surface area contributed by atoms with Crippen LogP contribution >= 0.6 is 23.2 Å². The third-order valence-corrected chi connectivity index (χ3v) is 12.1. The fourth-order valence-corrected chi connectivity index (χ4v) is 9.18. The molecule has 2 aliphatic heterocycles. The molecule has 57 heavy (non-hydrogen) atoms. The highest BCUT2D eigenvalue weighted by Crippen LogP contribution is 2.66. The number of allylic oxidation sites excluding steroid dienone is 2. The van der Waals surface area contributed by atoms with Crippen molar-refractivity contribution >= 4 is 58.2 Å². The summed E-state index contributed by atoms with van der Waals surface area (Å²) in [6.45, 7) is 1.45. The quantitative estimate of drug-likeness (QED) is 0.0692. The number of phenolic OH excluding ortho intramolecular Hbond substituents is 1. The van der Waals surface area contributed by atoms with Crippen LogP contribution in [0.2, 0.25) is 0 Å². The maximum Gasteiger partial charge on any atom is 0.416 e. The summed E-state index contributed by atoms with van der Waals surface area (Å²) < 4.78 is 162. The summed E-state index contributed by atoms with van der Waals surface area (Å²) in [5.74, 6) is -26.6. The Hall–Kier alpha value is -4.91. The molecule has 6 unspecified atom stereocenters. The molecule has 0 bridgehead atoms. The van der Waals surface area contributed by atoms with Crippen molar-refractivity contribution in [1.29, 1.82) is 0 Å². The van der Waals surface area contributed by atoms with Crippen LogP contribution in [0.3, 0.4) is 0 Å². The fraction of sp³-hybridized carbons (Fsp3) is 0.333. The first-order chi connectivity index (χ1) is 26.4. The van der Waals surface area contributed by atoms with Crippen LogP contribution in [0.4, 0.5) is 59.7 Å². The number of aromatic hydroxyl groups is 1. The van der Waals surface area contributed by atoms with Gasteiger partial charge < -0.3 is 9.84 Å². The van der Waals surface area contributed by atoms with Gasteiger partial charge in [0, 0.05) is 5.92 Å². The summed E-state index contributed by atoms with van der Waals surface area (Å²) in [5.41, 5.74) is -7.09. The Kier molecular flexibility index (Phi) is 9.23. The minimum atomic E-state index is -5.38. The van der Waals surface area contributed by atoms with Crippen LogP contribution in [-0.4, -0.2) is 45.1 Å². The lowest BCUT2D eigenvalue weighted by molar-refractivity contribution is -0.143. The molecule has 2 aliphatic carbocycles. The Bertz CT molecular complexity index is 2290. The van der Waals surface area contributed by atoms with E-state index in [0.29, 0.717) is 0 Å². The molecule has 1 N–H and O–H groups in total. The summed E-state index contributed by atoms with van der Waals surface area (Å²) in [4.78, 5) is 50.6. The van der Waals surface area contributed by atoms with Crippen molar-refractivity contribution < 1.29 is 77.3 Å². The molecule has 0 radical (unpaired) electrons. The summed E-state index contributed by atoms with van der Waals surface area (Å²) in [6.07, 6.45) is -11.0. The second kappa shape index (κ2) is 13.1. The Labute approximate surface area is 322 Å². The van der Waals surface area contributed by atoms with E-state index in [1.54, 1.807) is 0 Å². The number of hydrogen-bond acceptors (Lipinski definition) is 6. The van der Waals surface area contributed by atoms with Gasteiger partial charge in [0.2, 0.25) is 17.6 Å². The molecule has 8 nitrogen and oxygen atoms in total. The van der Waals surface area contributed by atoms with Gasteiger partial charge in [0.25, 0.3) is 11.8 Å². The predicted octanol–water partition coefficient (Wildman–Crippen LogP) is 8.29. The van der Waals surface area contributed by atoms with Gasteiger partial charge in [0.05, 0.1) is 35.3 Å². The average molecular weight is 857 g/mol. The molecule has 21 heteroatoms. The van der Waals surface area contributed by atoms with Crippen LogP contribution in [0.15, 0.2) is 48.0 Å². The van der Waals surface area contributed by atoms with Crippen LogP contribution in [0.25, 0.3) is 0 Å². The standard InChI is InChI=1S/C36H21Cl2F11N2O6/c1-2-57-20-7-12(3-6-19(20)52)22-16-4-5-17-21(30(54)50(29(17)53)15-9-13(35(44,45)46)8-14(10-15)36(47,48)49)18(16)11-33(37)31(55)51(32(56)34(22,33)38)28-26(42)24(40)23(39)25(41)27(28)43/h3-4,6-10,17-18,21-22,52H,2,5,11H2,1H3. The van der Waals surface area contributed by atoms with E-state index in [1.165, 1.54) is 13.0 Å². The highest BCUT2D eigenvalue weighted by atomic mass is 35.5. The number of benzene rings is 3. The second-order valence-corrected chi connectivity index (χ2v) is 14.9. The lowest BCUT2D eigenvalue weighted by Gasteiger charge is -2.50. The van der Waals surface area contributed by atoms with Crippen molar-refractivity contribution in [3.63, 3.8) is 0 Å². The highest BCUT2D eigenvalue weighted by molar-refractivity contribution is 6.58. The summed E-state index contributed by atoms with van der Waals surface area (Å²) in [7, 11) is 0. The molecule has 4 amide bonds. The normalized spacial score (nSPS) is 27.4. The molecule has 302 valence electrons. The van der Waals surface area contributed by atoms with E-state index in [9.17, 15) is 63.8 Å². The molecular weight excluding hydrogens is 836 g/mol. The first-order valence-electron chi connectivity index (χ1n) is 16.5. The molecule has 1 saturated carbocycles. The third-order valence-electron chi connectivity index (χ3n) is 10.7. The number of amides is 4. The number of carbonyl (C=O) groups excluding carboxylic acids is 4. The van der Waals surface area contributed by atoms with Gasteiger partial charge in [-0.1, -0.05) is 17.7 Å². The van der Waals surface area contributed by atoms with Gasteiger partial charge in [0.1, 0.15) is 5.69 Å². The Morgan fingerprint density at radius 3 is 1.88 bits per heavy atom. The minimum Gasteiger partial charge on any atom is -0.504 e.